The first-order valence-electron chi connectivity index (χ1n) is 15.4. The molecule has 1 aliphatic rings. The molecule has 13 heteroatoms. The summed E-state index contributed by atoms with van der Waals surface area (Å²) in [6.07, 6.45) is 2.46. The maximum absolute atomic E-state index is 13.2. The van der Waals surface area contributed by atoms with E-state index in [0.717, 1.165) is 48.6 Å². The van der Waals surface area contributed by atoms with Crippen molar-refractivity contribution in [3.63, 3.8) is 0 Å². The molecule has 0 bridgehead atoms. The molecule has 0 spiro atoms. The van der Waals surface area contributed by atoms with Crippen LogP contribution in [0.15, 0.2) is 72.8 Å². The number of hydrogen-bond acceptors (Lipinski definition) is 11. The van der Waals surface area contributed by atoms with Gasteiger partial charge in [-0.2, -0.15) is 5.10 Å². The predicted molar refractivity (Wildman–Crippen MR) is 173 cm³/mol. The average molecular weight is 644 g/mol. The Morgan fingerprint density at radius 1 is 0.848 bits per heavy atom. The topological polar surface area (TPSA) is 149 Å². The Labute approximate surface area is 271 Å². The first-order chi connectivity index (χ1) is 22.5. The van der Waals surface area contributed by atoms with Crippen LogP contribution in [0.2, 0.25) is 0 Å². The van der Waals surface area contributed by atoms with E-state index in [0.29, 0.717) is 42.7 Å². The summed E-state index contributed by atoms with van der Waals surface area (Å²) in [5, 5.41) is 23.4. The molecule has 3 heterocycles. The van der Waals surface area contributed by atoms with Crippen LogP contribution in [-0.2, 0) is 43.1 Å². The molecule has 0 radical (unpaired) electrons. The van der Waals surface area contributed by atoms with Crippen molar-refractivity contribution >= 4 is 40.1 Å². The fourth-order valence-electron chi connectivity index (χ4n) is 4.85. The number of esters is 1. The minimum absolute atomic E-state index is 0.142. The van der Waals surface area contributed by atoms with Crippen molar-refractivity contribution in [1.29, 1.82) is 0 Å². The van der Waals surface area contributed by atoms with E-state index in [-0.39, 0.29) is 18.7 Å². The molecular formula is C33H37N7O5S. The minimum Gasteiger partial charge on any atom is -0.447 e. The largest absolute Gasteiger partial charge is 0.447 e. The van der Waals surface area contributed by atoms with Gasteiger partial charge in [0.1, 0.15) is 5.01 Å². The second-order valence-electron chi connectivity index (χ2n) is 10.8. The summed E-state index contributed by atoms with van der Waals surface area (Å²) in [5.74, 6) is -0.644. The third kappa shape index (κ3) is 10.5. The molecule has 1 aliphatic heterocycles. The molecule has 0 aliphatic carbocycles. The van der Waals surface area contributed by atoms with E-state index in [1.54, 1.807) is 30.3 Å². The molecule has 2 amide bonds. The number of rotatable bonds is 15. The lowest BCUT2D eigenvalue weighted by Crippen LogP contribution is -2.38. The maximum atomic E-state index is 13.2. The number of carbonyl (C=O) groups is 3. The lowest BCUT2D eigenvalue weighted by molar-refractivity contribution is -0.155. The molecule has 0 saturated carbocycles. The summed E-state index contributed by atoms with van der Waals surface area (Å²) in [4.78, 5) is 40.3. The quantitative estimate of drug-likeness (QED) is 0.144. The number of carbonyl (C=O) groups excluding carboxylic acids is 3. The van der Waals surface area contributed by atoms with Crippen molar-refractivity contribution in [2.24, 2.45) is 0 Å². The molecule has 4 aromatic rings. The number of unbranched alkanes of at least 4 members (excludes halogenated alkanes) is 1. The van der Waals surface area contributed by atoms with E-state index in [9.17, 15) is 14.4 Å². The number of hydrogen-bond donors (Lipinski definition) is 2. The van der Waals surface area contributed by atoms with E-state index in [1.807, 2.05) is 42.5 Å². The second kappa shape index (κ2) is 17.2. The van der Waals surface area contributed by atoms with Gasteiger partial charge in [0.05, 0.1) is 31.7 Å². The van der Waals surface area contributed by atoms with Crippen LogP contribution >= 0.6 is 11.3 Å². The van der Waals surface area contributed by atoms with Crippen molar-refractivity contribution in [2.75, 3.05) is 43.5 Å². The van der Waals surface area contributed by atoms with Crippen molar-refractivity contribution in [1.82, 2.24) is 25.3 Å². The molecule has 1 saturated heterocycles. The third-order valence-corrected chi connectivity index (χ3v) is 8.19. The lowest BCUT2D eigenvalue weighted by Gasteiger charge is -2.26. The number of aromatic nitrogens is 4. The summed E-state index contributed by atoms with van der Waals surface area (Å²) in [7, 11) is 0. The number of nitrogens with zero attached hydrogens (tertiary/aromatic N) is 5. The lowest BCUT2D eigenvalue weighted by atomic mass is 10.1. The molecule has 2 aromatic heterocycles. The molecule has 2 N–H and O–H groups in total. The molecule has 12 nitrogen and oxygen atoms in total. The average Bonchev–Trinajstić information content (AvgIpc) is 3.53. The summed E-state index contributed by atoms with van der Waals surface area (Å²) < 4.78 is 11.0. The maximum Gasteiger partial charge on any atom is 0.308 e. The molecule has 1 atom stereocenters. The molecule has 5 rings (SSSR count). The highest BCUT2D eigenvalue weighted by Gasteiger charge is 2.26. The summed E-state index contributed by atoms with van der Waals surface area (Å²) in [5.41, 5.74) is 2.34. The monoisotopic (exact) mass is 643 g/mol. The van der Waals surface area contributed by atoms with Crippen LogP contribution in [0.3, 0.4) is 0 Å². The molecular weight excluding hydrogens is 606 g/mol. The van der Waals surface area contributed by atoms with Crippen molar-refractivity contribution in [3.8, 4) is 0 Å². The van der Waals surface area contributed by atoms with E-state index >= 15 is 0 Å². The molecule has 1 unspecified atom stereocenters. The van der Waals surface area contributed by atoms with E-state index < -0.39 is 18.0 Å². The zero-order valence-corrected chi connectivity index (χ0v) is 26.3. The van der Waals surface area contributed by atoms with Crippen molar-refractivity contribution in [2.45, 2.75) is 44.6 Å². The third-order valence-electron chi connectivity index (χ3n) is 7.29. The number of ether oxygens (including phenoxy) is 2. The molecule has 2 aromatic carbocycles. The molecule has 1 fully saturated rings. The molecule has 46 heavy (non-hydrogen) atoms. The molecule has 240 valence electrons. The van der Waals surface area contributed by atoms with Crippen molar-refractivity contribution < 1.29 is 23.9 Å². The van der Waals surface area contributed by atoms with Crippen LogP contribution in [0.4, 0.5) is 10.9 Å². The van der Waals surface area contributed by atoms with Gasteiger partial charge < -0.3 is 14.8 Å². The van der Waals surface area contributed by atoms with Gasteiger partial charge in [0.15, 0.2) is 5.82 Å². The van der Waals surface area contributed by atoms with E-state index in [2.05, 4.69) is 35.9 Å². The number of benzene rings is 2. The number of morpholine rings is 1. The summed E-state index contributed by atoms with van der Waals surface area (Å²) in [6, 6.07) is 22.1. The Bertz CT molecular complexity index is 1550. The standard InChI is InChI=1S/C33H37N7O5S/c41-28(23-24-9-3-1-4-10-24)34-27-16-15-26(36-37-27)13-7-8-14-29-38-39-33(46-29)35-32(43)31(25-11-5-2-6-12-25)45-30(42)17-18-40-19-21-44-22-20-40/h1-6,9-12,15-16,31H,7-8,13-14,17-23H2,(H,34,37,41)(H,35,39,43). The van der Waals surface area contributed by atoms with Gasteiger partial charge in [-0.15, -0.1) is 15.3 Å². The van der Waals surface area contributed by atoms with Crippen LogP contribution in [0.1, 0.15) is 47.2 Å². The van der Waals surface area contributed by atoms with Crippen LogP contribution in [-0.4, -0.2) is 75.9 Å². The summed E-state index contributed by atoms with van der Waals surface area (Å²) >= 11 is 1.29. The smallest absolute Gasteiger partial charge is 0.308 e. The fourth-order valence-corrected chi connectivity index (χ4v) is 5.64. The van der Waals surface area contributed by atoms with Gasteiger partial charge in [0.2, 0.25) is 17.1 Å². The Kier molecular flexibility index (Phi) is 12.3. The van der Waals surface area contributed by atoms with Crippen molar-refractivity contribution in [3.05, 3.63) is 94.6 Å². The van der Waals surface area contributed by atoms with Crippen LogP contribution in [0, 0.1) is 0 Å². The zero-order valence-electron chi connectivity index (χ0n) is 25.5. The highest BCUT2D eigenvalue weighted by Crippen LogP contribution is 2.23. The fraction of sp³-hybridized carbons (Fsp3) is 0.364. The van der Waals surface area contributed by atoms with Crippen LogP contribution in [0.5, 0.6) is 0 Å². The minimum atomic E-state index is -1.10. The predicted octanol–water partition coefficient (Wildman–Crippen LogP) is 4.02. The van der Waals surface area contributed by atoms with Gasteiger partial charge in [-0.3, -0.25) is 24.6 Å². The van der Waals surface area contributed by atoms with Gasteiger partial charge >= 0.3 is 5.97 Å². The number of nitrogens with one attached hydrogen (secondary N) is 2. The van der Waals surface area contributed by atoms with Gasteiger partial charge in [-0.25, -0.2) is 0 Å². The Hall–Kier alpha value is -4.59. The van der Waals surface area contributed by atoms with E-state index in [1.165, 1.54) is 11.3 Å². The van der Waals surface area contributed by atoms with Gasteiger partial charge in [0, 0.05) is 31.6 Å². The Morgan fingerprint density at radius 3 is 2.33 bits per heavy atom. The van der Waals surface area contributed by atoms with E-state index in [4.69, 9.17) is 9.47 Å². The highest BCUT2D eigenvalue weighted by atomic mass is 32.1. The number of aryl methyl sites for hydroxylation is 2. The van der Waals surface area contributed by atoms with Crippen LogP contribution < -0.4 is 10.6 Å². The normalized spacial score (nSPS) is 13.9. The second-order valence-corrected chi connectivity index (χ2v) is 11.9. The summed E-state index contributed by atoms with van der Waals surface area (Å²) in [6.45, 7) is 3.39. The number of anilines is 2. The first-order valence-corrected chi connectivity index (χ1v) is 16.2. The highest BCUT2D eigenvalue weighted by molar-refractivity contribution is 7.15. The SMILES string of the molecule is O=C(Cc1ccccc1)Nc1ccc(CCCCc2nnc(NC(=O)C(OC(=O)CCN3CCOCC3)c3ccccc3)s2)nn1. The van der Waals surface area contributed by atoms with Gasteiger partial charge in [0.25, 0.3) is 5.91 Å². The Morgan fingerprint density at radius 2 is 1.59 bits per heavy atom. The van der Waals surface area contributed by atoms with Gasteiger partial charge in [-0.05, 0) is 37.0 Å². The number of amides is 2. The van der Waals surface area contributed by atoms with Crippen LogP contribution in [0.25, 0.3) is 0 Å². The van der Waals surface area contributed by atoms with Gasteiger partial charge in [-0.1, -0.05) is 72.0 Å². The Balaban J connectivity index is 1.05. The zero-order chi connectivity index (χ0) is 32.0. The first kappa shape index (κ1) is 32.8.